The van der Waals surface area contributed by atoms with E-state index in [1.807, 2.05) is 25.2 Å². The largest absolute Gasteiger partial charge is 0.494 e. The summed E-state index contributed by atoms with van der Waals surface area (Å²) in [5.74, 6) is 1.86. The van der Waals surface area contributed by atoms with E-state index in [2.05, 4.69) is 20.1 Å². The van der Waals surface area contributed by atoms with E-state index < -0.39 is 0 Å². The minimum absolute atomic E-state index is 0.285. The predicted molar refractivity (Wildman–Crippen MR) is 104 cm³/mol. The first kappa shape index (κ1) is 19.2. The monoisotopic (exact) mass is 374 g/mol. The minimum Gasteiger partial charge on any atom is -0.494 e. The summed E-state index contributed by atoms with van der Waals surface area (Å²) in [6, 6.07) is 9.04. The molecule has 2 heterocycles. The lowest BCUT2D eigenvalue weighted by molar-refractivity contribution is 0.172. The Morgan fingerprint density at radius 2 is 2.07 bits per heavy atom. The first-order valence-electron chi connectivity index (χ1n) is 9.22. The van der Waals surface area contributed by atoms with Crippen LogP contribution in [0.1, 0.15) is 11.3 Å². The van der Waals surface area contributed by atoms with Crippen LogP contribution in [0.3, 0.4) is 0 Å². The molecule has 0 spiro atoms. The van der Waals surface area contributed by atoms with Crippen LogP contribution in [0.25, 0.3) is 0 Å². The van der Waals surface area contributed by atoms with Crippen molar-refractivity contribution in [2.75, 3.05) is 46.9 Å². The van der Waals surface area contributed by atoms with Crippen molar-refractivity contribution in [3.8, 4) is 5.75 Å². The Labute approximate surface area is 159 Å². The van der Waals surface area contributed by atoms with Crippen LogP contribution in [-0.4, -0.2) is 62.6 Å². The highest BCUT2D eigenvalue weighted by Gasteiger charge is 2.20. The van der Waals surface area contributed by atoms with Crippen molar-refractivity contribution in [3.05, 3.63) is 53.7 Å². The highest BCUT2D eigenvalue weighted by atomic mass is 19.1. The topological polar surface area (TPSA) is 53.2 Å². The third-order valence-corrected chi connectivity index (χ3v) is 4.74. The molecule has 0 unspecified atom stereocenters. The summed E-state index contributed by atoms with van der Waals surface area (Å²) in [4.78, 5) is 8.97. The molecule has 1 saturated heterocycles. The van der Waals surface area contributed by atoms with E-state index in [1.54, 1.807) is 18.4 Å². The second kappa shape index (κ2) is 9.41. The van der Waals surface area contributed by atoms with Crippen LogP contribution in [-0.2, 0) is 13.0 Å². The lowest BCUT2D eigenvalue weighted by Gasteiger charge is -2.36. The van der Waals surface area contributed by atoms with E-state index in [1.165, 1.54) is 7.11 Å². The molecule has 1 aromatic carbocycles. The van der Waals surface area contributed by atoms with Gasteiger partial charge < -0.3 is 19.4 Å². The molecule has 6 nitrogen and oxygen atoms in total. The van der Waals surface area contributed by atoms with Crippen LogP contribution in [0.4, 0.5) is 4.39 Å². The van der Waals surface area contributed by atoms with Crippen molar-refractivity contribution in [2.24, 2.45) is 4.99 Å². The fraction of sp³-hybridized carbons (Fsp3) is 0.450. The van der Waals surface area contributed by atoms with E-state index in [0.717, 1.165) is 63.0 Å². The molecule has 0 saturated carbocycles. The average Bonchev–Trinajstić information content (AvgIpc) is 3.20. The first-order valence-corrected chi connectivity index (χ1v) is 9.22. The van der Waals surface area contributed by atoms with Gasteiger partial charge in [0, 0.05) is 52.7 Å². The summed E-state index contributed by atoms with van der Waals surface area (Å²) in [6.07, 6.45) is 2.52. The van der Waals surface area contributed by atoms with Crippen LogP contribution >= 0.6 is 0 Å². The van der Waals surface area contributed by atoms with Gasteiger partial charge in [-0.05, 0) is 29.8 Å². The summed E-state index contributed by atoms with van der Waals surface area (Å²) < 4.78 is 24.2. The molecule has 0 bridgehead atoms. The van der Waals surface area contributed by atoms with Gasteiger partial charge in [0.2, 0.25) is 0 Å². The second-order valence-electron chi connectivity index (χ2n) is 6.54. The lowest BCUT2D eigenvalue weighted by atomic mass is 10.2. The van der Waals surface area contributed by atoms with Crippen molar-refractivity contribution in [1.82, 2.24) is 15.1 Å². The number of piperazine rings is 1. The number of benzene rings is 1. The number of ether oxygens (including phenoxy) is 1. The van der Waals surface area contributed by atoms with Gasteiger partial charge in [0.1, 0.15) is 5.76 Å². The average molecular weight is 374 g/mol. The highest BCUT2D eigenvalue weighted by Crippen LogP contribution is 2.19. The zero-order valence-corrected chi connectivity index (χ0v) is 15.9. The van der Waals surface area contributed by atoms with Gasteiger partial charge in [-0.15, -0.1) is 0 Å². The molecule has 7 heteroatoms. The third kappa shape index (κ3) is 5.23. The lowest BCUT2D eigenvalue weighted by Crippen LogP contribution is -2.52. The number of nitrogens with zero attached hydrogens (tertiary/aromatic N) is 3. The number of hydrogen-bond donors (Lipinski definition) is 1. The molecule has 1 aliphatic rings. The molecule has 1 aromatic heterocycles. The first-order chi connectivity index (χ1) is 13.2. The van der Waals surface area contributed by atoms with Gasteiger partial charge in [0.05, 0.1) is 13.4 Å². The minimum atomic E-state index is -0.310. The summed E-state index contributed by atoms with van der Waals surface area (Å²) in [6.45, 7) is 5.11. The molecule has 1 aliphatic heterocycles. The van der Waals surface area contributed by atoms with Crippen molar-refractivity contribution < 1.29 is 13.5 Å². The standard InChI is InChI=1S/C20H27FN4O2/c1-22-20(23-8-7-17-4-3-13-27-17)25-11-9-24(10-12-25)15-16-5-6-19(26-2)18(21)14-16/h3-6,13-14H,7-12,15H2,1-2H3,(H,22,23). The number of nitrogens with one attached hydrogen (secondary N) is 1. The molecule has 2 aromatic rings. The summed E-state index contributed by atoms with van der Waals surface area (Å²) >= 11 is 0. The van der Waals surface area contributed by atoms with Gasteiger partial charge in [-0.2, -0.15) is 0 Å². The smallest absolute Gasteiger partial charge is 0.193 e. The molecule has 0 atom stereocenters. The summed E-state index contributed by atoms with van der Waals surface area (Å²) in [5.41, 5.74) is 0.961. The Morgan fingerprint density at radius 1 is 1.26 bits per heavy atom. The van der Waals surface area contributed by atoms with Crippen LogP contribution in [0.5, 0.6) is 5.75 Å². The van der Waals surface area contributed by atoms with E-state index in [-0.39, 0.29) is 11.6 Å². The summed E-state index contributed by atoms with van der Waals surface area (Å²) in [5, 5.41) is 3.40. The van der Waals surface area contributed by atoms with Crippen LogP contribution in [0.2, 0.25) is 0 Å². The Balaban J connectivity index is 1.45. The normalized spacial score (nSPS) is 15.8. The molecule has 0 radical (unpaired) electrons. The SMILES string of the molecule is CN=C(NCCc1ccco1)N1CCN(Cc2ccc(OC)c(F)c2)CC1. The second-order valence-corrected chi connectivity index (χ2v) is 6.54. The van der Waals surface area contributed by atoms with Gasteiger partial charge >= 0.3 is 0 Å². The zero-order valence-electron chi connectivity index (χ0n) is 15.9. The van der Waals surface area contributed by atoms with E-state index in [9.17, 15) is 4.39 Å². The maximum Gasteiger partial charge on any atom is 0.193 e. The van der Waals surface area contributed by atoms with Crippen molar-refractivity contribution in [1.29, 1.82) is 0 Å². The molecule has 27 heavy (non-hydrogen) atoms. The van der Waals surface area contributed by atoms with Crippen molar-refractivity contribution >= 4 is 5.96 Å². The summed E-state index contributed by atoms with van der Waals surface area (Å²) in [7, 11) is 3.29. The fourth-order valence-electron chi connectivity index (χ4n) is 3.27. The molecular formula is C20H27FN4O2. The molecule has 0 amide bonds. The van der Waals surface area contributed by atoms with E-state index in [0.29, 0.717) is 0 Å². The van der Waals surface area contributed by atoms with Gasteiger partial charge in [-0.25, -0.2) is 4.39 Å². The Bertz CT molecular complexity index is 740. The van der Waals surface area contributed by atoms with E-state index in [4.69, 9.17) is 9.15 Å². The third-order valence-electron chi connectivity index (χ3n) is 4.74. The zero-order chi connectivity index (χ0) is 19.1. The number of methoxy groups -OCH3 is 1. The predicted octanol–water partition coefficient (Wildman–Crippen LogP) is 2.36. The van der Waals surface area contributed by atoms with Gasteiger partial charge in [0.25, 0.3) is 0 Å². The highest BCUT2D eigenvalue weighted by molar-refractivity contribution is 5.80. The maximum absolute atomic E-state index is 13.9. The molecular weight excluding hydrogens is 347 g/mol. The Kier molecular flexibility index (Phi) is 6.70. The number of aliphatic imine (C=N–C) groups is 1. The maximum atomic E-state index is 13.9. The molecule has 146 valence electrons. The van der Waals surface area contributed by atoms with Crippen LogP contribution in [0, 0.1) is 5.82 Å². The van der Waals surface area contributed by atoms with Gasteiger partial charge in [0.15, 0.2) is 17.5 Å². The Hall–Kier alpha value is -2.54. The van der Waals surface area contributed by atoms with Crippen molar-refractivity contribution in [3.63, 3.8) is 0 Å². The Morgan fingerprint density at radius 3 is 2.70 bits per heavy atom. The number of guanidine groups is 1. The molecule has 1 fully saturated rings. The molecule has 0 aliphatic carbocycles. The van der Waals surface area contributed by atoms with Crippen LogP contribution < -0.4 is 10.1 Å². The number of furan rings is 1. The fourth-order valence-corrected chi connectivity index (χ4v) is 3.27. The number of hydrogen-bond acceptors (Lipinski definition) is 4. The van der Waals surface area contributed by atoms with Crippen LogP contribution in [0.15, 0.2) is 46.0 Å². The van der Waals surface area contributed by atoms with Gasteiger partial charge in [-0.1, -0.05) is 6.07 Å². The van der Waals surface area contributed by atoms with E-state index >= 15 is 0 Å². The quantitative estimate of drug-likeness (QED) is 0.621. The number of rotatable bonds is 6. The molecule has 3 rings (SSSR count). The molecule has 1 N–H and O–H groups in total. The number of halogens is 1. The van der Waals surface area contributed by atoms with Gasteiger partial charge in [-0.3, -0.25) is 9.89 Å². The van der Waals surface area contributed by atoms with Crippen molar-refractivity contribution in [2.45, 2.75) is 13.0 Å².